The average molecular weight is 807 g/mol. The number of amides is 2. The highest BCUT2D eigenvalue weighted by Crippen LogP contribution is 2.78. The monoisotopic (exact) mass is 807 g/mol. The van der Waals surface area contributed by atoms with E-state index in [9.17, 15) is 15.0 Å². The van der Waals surface area contributed by atoms with Crippen LogP contribution in [0.4, 0.5) is 4.79 Å². The number of urea groups is 1. The lowest BCUT2D eigenvalue weighted by Gasteiger charge is -2.71. The number of aliphatic hydroxyl groups is 2. The summed E-state index contributed by atoms with van der Waals surface area (Å²) in [6.07, 6.45) is 15.7. The van der Waals surface area contributed by atoms with Gasteiger partial charge in [0.1, 0.15) is 0 Å². The summed E-state index contributed by atoms with van der Waals surface area (Å²) in [5.74, 6) is 2.04. The van der Waals surface area contributed by atoms with Gasteiger partial charge in [-0.25, -0.2) is 4.79 Å². The lowest BCUT2D eigenvalue weighted by atomic mass is 9.32. The lowest BCUT2D eigenvalue weighted by molar-refractivity contribution is -0.176. The molecule has 4 bridgehead atoms. The molecule has 12 atom stereocenters. The van der Waals surface area contributed by atoms with Gasteiger partial charge < -0.3 is 20.4 Å². The first-order chi connectivity index (χ1) is 28.6. The molecule has 3 N–H and O–H groups in total. The van der Waals surface area contributed by atoms with Gasteiger partial charge in [0.25, 0.3) is 0 Å². The molecule has 2 amide bonds. The largest absolute Gasteiger partial charge is 0.393 e. The van der Waals surface area contributed by atoms with Crippen molar-refractivity contribution in [1.82, 2.24) is 10.2 Å². The van der Waals surface area contributed by atoms with Gasteiger partial charge in [0.05, 0.1) is 24.3 Å². The number of carbonyl (C=O) groups excluding carboxylic acids is 2. The molecule has 9 aliphatic rings. The van der Waals surface area contributed by atoms with E-state index in [-0.39, 0.29) is 47.1 Å². The second-order valence-electron chi connectivity index (χ2n) is 21.7. The topological polar surface area (TPSA) is 89.9 Å². The van der Waals surface area contributed by atoms with Crippen LogP contribution in [0.1, 0.15) is 121 Å². The third-order valence-corrected chi connectivity index (χ3v) is 19.0. The maximum absolute atomic E-state index is 15.3. The van der Waals surface area contributed by atoms with Crippen molar-refractivity contribution in [2.45, 2.75) is 117 Å². The molecule has 6 fully saturated rings. The summed E-state index contributed by atoms with van der Waals surface area (Å²) < 4.78 is 0. The fraction of sp³-hybridized carbons (Fsp3) is 0.556. The van der Waals surface area contributed by atoms with Crippen molar-refractivity contribution in [1.29, 1.82) is 0 Å². The summed E-state index contributed by atoms with van der Waals surface area (Å²) in [7, 11) is 0. The number of carbonyl (C=O) groups is 2. The van der Waals surface area contributed by atoms with E-state index in [1.807, 2.05) is 53.4 Å². The van der Waals surface area contributed by atoms with Gasteiger partial charge in [0.15, 0.2) is 5.78 Å². The fourth-order valence-electron chi connectivity index (χ4n) is 15.3. The maximum Gasteiger partial charge on any atom is 0.317 e. The third-order valence-electron chi connectivity index (χ3n) is 19.0. The minimum atomic E-state index is -1.13. The first-order valence-electron chi connectivity index (χ1n) is 23.3. The Morgan fingerprint density at radius 1 is 0.783 bits per heavy atom. The molecule has 3 aromatic rings. The number of rotatable bonds is 9. The number of fused-ring (bicyclic) bond motifs is 3. The van der Waals surface area contributed by atoms with E-state index >= 15 is 4.79 Å². The molecule has 316 valence electrons. The third kappa shape index (κ3) is 5.71. The van der Waals surface area contributed by atoms with Gasteiger partial charge in [-0.3, -0.25) is 4.79 Å². The SMILES string of the molecule is C[C@@H](NC(=O)N(C[C@@H]1CC[C@H]2C[C@@H]1C2(C)C)C[C@]1(O)CC[C@H]2[C@]34C=C[C@@]5(C=C3C(=O)c3ccc(-c6ccccc6)cc3)CC(O)CC[C@]5(C)[C@H]4CC[C@@]21C)c1ccccc1. The van der Waals surface area contributed by atoms with Gasteiger partial charge in [0.2, 0.25) is 0 Å². The number of ketones is 1. The molecule has 3 aromatic carbocycles. The predicted molar refractivity (Wildman–Crippen MR) is 238 cm³/mol. The second-order valence-corrected chi connectivity index (χ2v) is 21.7. The highest BCUT2D eigenvalue weighted by atomic mass is 16.3. The van der Waals surface area contributed by atoms with Gasteiger partial charge in [-0.15, -0.1) is 0 Å². The summed E-state index contributed by atoms with van der Waals surface area (Å²) in [5, 5.41) is 28.0. The number of hydrogen-bond acceptors (Lipinski definition) is 4. The van der Waals surface area contributed by atoms with Gasteiger partial charge in [-0.2, -0.15) is 0 Å². The first kappa shape index (κ1) is 40.1. The summed E-state index contributed by atoms with van der Waals surface area (Å²) >= 11 is 0. The summed E-state index contributed by atoms with van der Waals surface area (Å²) in [4.78, 5) is 32.0. The molecule has 6 nitrogen and oxygen atoms in total. The number of aliphatic hydroxyl groups excluding tert-OH is 1. The molecule has 2 spiro atoms. The van der Waals surface area contributed by atoms with Gasteiger partial charge >= 0.3 is 6.03 Å². The molecular weight excluding hydrogens is 741 g/mol. The van der Waals surface area contributed by atoms with Crippen LogP contribution in [0.3, 0.4) is 0 Å². The molecule has 9 aliphatic carbocycles. The quantitative estimate of drug-likeness (QED) is 0.148. The summed E-state index contributed by atoms with van der Waals surface area (Å²) in [6, 6.07) is 28.3. The Morgan fingerprint density at radius 2 is 1.43 bits per heavy atom. The molecule has 6 saturated carbocycles. The molecule has 0 heterocycles. The number of benzene rings is 3. The Morgan fingerprint density at radius 3 is 2.13 bits per heavy atom. The summed E-state index contributed by atoms with van der Waals surface area (Å²) in [5.41, 5.74) is 2.36. The Kier molecular flexibility index (Phi) is 9.36. The second kappa shape index (κ2) is 14.0. The molecule has 0 aliphatic heterocycles. The van der Waals surface area contributed by atoms with E-state index in [1.54, 1.807) is 0 Å². The van der Waals surface area contributed by atoms with Crippen molar-refractivity contribution in [3.05, 3.63) is 120 Å². The highest BCUT2D eigenvalue weighted by molar-refractivity contribution is 6.10. The van der Waals surface area contributed by atoms with Gasteiger partial charge in [-0.1, -0.05) is 131 Å². The van der Waals surface area contributed by atoms with E-state index in [0.717, 1.165) is 66.7 Å². The zero-order valence-electron chi connectivity index (χ0n) is 36.5. The van der Waals surface area contributed by atoms with Gasteiger partial charge in [-0.05, 0) is 128 Å². The fourth-order valence-corrected chi connectivity index (χ4v) is 15.3. The number of hydrogen-bond donors (Lipinski definition) is 3. The highest BCUT2D eigenvalue weighted by Gasteiger charge is 2.74. The Hall–Kier alpha value is -4.00. The predicted octanol–water partition coefficient (Wildman–Crippen LogP) is 11.0. The molecule has 0 aromatic heterocycles. The van der Waals surface area contributed by atoms with Crippen molar-refractivity contribution in [2.75, 3.05) is 13.1 Å². The number of Topliss-reactive ketones (excluding diaryl/α,β-unsaturated/α-hetero) is 1. The maximum atomic E-state index is 15.3. The van der Waals surface area contributed by atoms with Crippen molar-refractivity contribution in [3.8, 4) is 11.1 Å². The zero-order valence-corrected chi connectivity index (χ0v) is 36.5. The van der Waals surface area contributed by atoms with Crippen molar-refractivity contribution >= 4 is 11.8 Å². The van der Waals surface area contributed by atoms with E-state index in [2.05, 4.69) is 94.6 Å². The van der Waals surface area contributed by atoms with Crippen LogP contribution in [0.25, 0.3) is 11.1 Å². The Bertz CT molecular complexity index is 2210. The minimum absolute atomic E-state index is 0.0138. The van der Waals surface area contributed by atoms with Crippen LogP contribution in [0.15, 0.2) is 109 Å². The molecule has 12 rings (SSSR count). The minimum Gasteiger partial charge on any atom is -0.393 e. The van der Waals surface area contributed by atoms with Crippen LogP contribution < -0.4 is 5.32 Å². The molecule has 1 unspecified atom stereocenters. The Balaban J connectivity index is 1.01. The van der Waals surface area contributed by atoms with Crippen molar-refractivity contribution in [3.63, 3.8) is 0 Å². The van der Waals surface area contributed by atoms with E-state index in [1.165, 1.54) is 12.8 Å². The first-order valence-corrected chi connectivity index (χ1v) is 23.3. The molecule has 0 radical (unpaired) electrons. The van der Waals surface area contributed by atoms with Crippen LogP contribution >= 0.6 is 0 Å². The molecule has 60 heavy (non-hydrogen) atoms. The number of nitrogens with one attached hydrogen (secondary N) is 1. The van der Waals surface area contributed by atoms with E-state index in [0.29, 0.717) is 36.8 Å². The average Bonchev–Trinajstić information content (AvgIpc) is 3.53. The van der Waals surface area contributed by atoms with E-state index in [4.69, 9.17) is 0 Å². The number of allylic oxidation sites excluding steroid dienone is 4. The molecule has 6 heteroatoms. The van der Waals surface area contributed by atoms with Crippen LogP contribution in [-0.2, 0) is 0 Å². The van der Waals surface area contributed by atoms with Gasteiger partial charge in [0, 0.05) is 33.9 Å². The van der Waals surface area contributed by atoms with Crippen LogP contribution in [-0.4, -0.2) is 51.7 Å². The normalized spacial score (nSPS) is 39.6. The molecular formula is C54H66N2O4. The number of nitrogens with zero attached hydrogens (tertiary/aromatic N) is 1. The van der Waals surface area contributed by atoms with Crippen molar-refractivity contribution < 1.29 is 19.8 Å². The zero-order chi connectivity index (χ0) is 41.9. The van der Waals surface area contributed by atoms with Crippen LogP contribution in [0.2, 0.25) is 0 Å². The summed E-state index contributed by atoms with van der Waals surface area (Å²) in [6.45, 7) is 12.6. The molecule has 0 saturated heterocycles. The van der Waals surface area contributed by atoms with Crippen molar-refractivity contribution in [2.24, 2.45) is 56.7 Å². The van der Waals surface area contributed by atoms with Crippen LogP contribution in [0, 0.1) is 56.7 Å². The van der Waals surface area contributed by atoms with E-state index < -0.39 is 27.9 Å². The lowest BCUT2D eigenvalue weighted by Crippen LogP contribution is -2.67. The smallest absolute Gasteiger partial charge is 0.317 e. The standard InChI is InChI=1S/C54H66N2O4/c1-35(36-12-8-6-9-13-36)55-48(59)56(33-40-20-21-41-30-43(40)49(41,2)3)34-53(60)27-24-46-51(53,5)26-23-45-50(4)25-22-42(57)31-52(50)28-29-54(45,46)44(32-52)47(58)39-18-16-38(17-19-39)37-14-10-7-11-15-37/h6-19,28-29,32,35,40-43,45-46,57,60H,20-27,30-31,33-34H2,1-5H3,(H,55,59)/t35-,40+,41+,42?,43+,45-,46-,50-,51+,52+,53-,54-/m1/s1. The van der Waals surface area contributed by atoms with Crippen LogP contribution in [0.5, 0.6) is 0 Å². The Labute approximate surface area is 357 Å².